The lowest BCUT2D eigenvalue weighted by Gasteiger charge is -2.17. The van der Waals surface area contributed by atoms with Gasteiger partial charge in [0.2, 0.25) is 0 Å². The number of para-hydroxylation sites is 1. The zero-order valence-corrected chi connectivity index (χ0v) is 12.2. The van der Waals surface area contributed by atoms with E-state index in [0.717, 1.165) is 21.5 Å². The van der Waals surface area contributed by atoms with Gasteiger partial charge in [-0.2, -0.15) is 0 Å². The third-order valence-corrected chi connectivity index (χ3v) is 3.55. The highest BCUT2D eigenvalue weighted by molar-refractivity contribution is 9.10. The van der Waals surface area contributed by atoms with E-state index < -0.39 is 0 Å². The maximum Gasteiger partial charge on any atom is 0.255 e. The largest absolute Gasteiger partial charge is 0.488 e. The van der Waals surface area contributed by atoms with Crippen LogP contribution in [0.25, 0.3) is 6.08 Å². The molecule has 3 nitrogen and oxygen atoms in total. The fourth-order valence-corrected chi connectivity index (χ4v) is 2.26. The van der Waals surface area contributed by atoms with Crippen molar-refractivity contribution in [3.63, 3.8) is 0 Å². The van der Waals surface area contributed by atoms with E-state index in [1.165, 1.54) is 0 Å². The number of anilines is 1. The van der Waals surface area contributed by atoms with Gasteiger partial charge in [0.1, 0.15) is 12.4 Å². The maximum absolute atomic E-state index is 12.2. The van der Waals surface area contributed by atoms with E-state index in [-0.39, 0.29) is 5.91 Å². The van der Waals surface area contributed by atoms with Gasteiger partial charge in [0.05, 0.1) is 5.57 Å². The molecule has 0 fully saturated rings. The van der Waals surface area contributed by atoms with Crippen molar-refractivity contribution in [1.29, 1.82) is 0 Å². The van der Waals surface area contributed by atoms with Gasteiger partial charge in [-0.25, -0.2) is 0 Å². The average Bonchev–Trinajstić information content (AvgIpc) is 2.49. The Labute approximate surface area is 125 Å². The number of ether oxygens (including phenoxy) is 1. The van der Waals surface area contributed by atoms with Crippen LogP contribution in [0.1, 0.15) is 5.56 Å². The summed E-state index contributed by atoms with van der Waals surface area (Å²) in [5.41, 5.74) is 2.31. The Balaban J connectivity index is 1.78. The summed E-state index contributed by atoms with van der Waals surface area (Å²) in [4.78, 5) is 12.2. The van der Waals surface area contributed by atoms with Gasteiger partial charge in [-0.1, -0.05) is 34.1 Å². The molecule has 2 aromatic carbocycles. The van der Waals surface area contributed by atoms with E-state index in [0.29, 0.717) is 12.2 Å². The minimum atomic E-state index is -0.137. The number of halogens is 1. The summed E-state index contributed by atoms with van der Waals surface area (Å²) in [7, 11) is 0. The number of rotatable bonds is 2. The smallest absolute Gasteiger partial charge is 0.255 e. The second kappa shape index (κ2) is 5.51. The molecular weight excluding hydrogens is 318 g/mol. The molecule has 4 heteroatoms. The topological polar surface area (TPSA) is 38.3 Å². The number of carbonyl (C=O) groups excluding carboxylic acids is 1. The Hall–Kier alpha value is -2.07. The van der Waals surface area contributed by atoms with Crippen LogP contribution in [0.3, 0.4) is 0 Å². The van der Waals surface area contributed by atoms with Crippen LogP contribution in [0.2, 0.25) is 0 Å². The number of hydrogen-bond donors (Lipinski definition) is 1. The van der Waals surface area contributed by atoms with E-state index in [1.807, 2.05) is 54.6 Å². The molecule has 0 bridgehead atoms. The number of fused-ring (bicyclic) bond motifs is 1. The normalized spacial score (nSPS) is 12.9. The van der Waals surface area contributed by atoms with Crippen molar-refractivity contribution in [3.8, 4) is 5.75 Å². The molecule has 20 heavy (non-hydrogen) atoms. The molecule has 0 radical (unpaired) electrons. The van der Waals surface area contributed by atoms with Gasteiger partial charge in [-0.3, -0.25) is 4.79 Å². The van der Waals surface area contributed by atoms with Gasteiger partial charge < -0.3 is 10.1 Å². The fraction of sp³-hybridized carbons (Fsp3) is 0.0625. The minimum Gasteiger partial charge on any atom is -0.488 e. The highest BCUT2D eigenvalue weighted by Crippen LogP contribution is 2.26. The molecule has 2 aromatic rings. The summed E-state index contributed by atoms with van der Waals surface area (Å²) in [6.07, 6.45) is 1.87. The number of carbonyl (C=O) groups is 1. The molecule has 100 valence electrons. The van der Waals surface area contributed by atoms with Crippen LogP contribution in [0.4, 0.5) is 5.69 Å². The van der Waals surface area contributed by atoms with E-state index in [1.54, 1.807) is 0 Å². The molecule has 1 aliphatic rings. The van der Waals surface area contributed by atoms with Crippen molar-refractivity contribution in [1.82, 2.24) is 0 Å². The molecule has 1 aliphatic heterocycles. The molecule has 0 aromatic heterocycles. The summed E-state index contributed by atoms with van der Waals surface area (Å²) in [5, 5.41) is 2.86. The van der Waals surface area contributed by atoms with Gasteiger partial charge in [0.25, 0.3) is 5.91 Å². The van der Waals surface area contributed by atoms with Crippen molar-refractivity contribution in [2.24, 2.45) is 0 Å². The monoisotopic (exact) mass is 329 g/mol. The molecule has 0 saturated heterocycles. The third-order valence-electron chi connectivity index (χ3n) is 3.03. The predicted octanol–water partition coefficient (Wildman–Crippen LogP) is 3.86. The summed E-state index contributed by atoms with van der Waals surface area (Å²) < 4.78 is 6.55. The Bertz CT molecular complexity index is 677. The molecule has 0 unspecified atom stereocenters. The van der Waals surface area contributed by atoms with Crippen molar-refractivity contribution < 1.29 is 9.53 Å². The molecule has 1 N–H and O–H groups in total. The summed E-state index contributed by atoms with van der Waals surface area (Å²) >= 11 is 3.36. The van der Waals surface area contributed by atoms with Crippen LogP contribution < -0.4 is 10.1 Å². The highest BCUT2D eigenvalue weighted by Gasteiger charge is 2.16. The lowest BCUT2D eigenvalue weighted by atomic mass is 10.1. The molecular formula is C16H12BrNO2. The third kappa shape index (κ3) is 2.75. The zero-order valence-electron chi connectivity index (χ0n) is 10.6. The van der Waals surface area contributed by atoms with Crippen LogP contribution in [0, 0.1) is 0 Å². The maximum atomic E-state index is 12.2. The highest BCUT2D eigenvalue weighted by atomic mass is 79.9. The van der Waals surface area contributed by atoms with Crippen LogP contribution in [-0.2, 0) is 4.79 Å². The minimum absolute atomic E-state index is 0.137. The first-order valence-corrected chi connectivity index (χ1v) is 7.01. The van der Waals surface area contributed by atoms with E-state index in [4.69, 9.17) is 4.74 Å². The van der Waals surface area contributed by atoms with Crippen molar-refractivity contribution in [2.75, 3.05) is 11.9 Å². The van der Waals surface area contributed by atoms with Gasteiger partial charge in [-0.05, 0) is 36.4 Å². The van der Waals surface area contributed by atoms with Crippen LogP contribution >= 0.6 is 15.9 Å². The van der Waals surface area contributed by atoms with E-state index >= 15 is 0 Å². The Morgan fingerprint density at radius 3 is 2.65 bits per heavy atom. The standard InChI is InChI=1S/C16H12BrNO2/c17-13-5-7-14(8-6-13)18-16(19)12-9-11-3-1-2-4-15(11)20-10-12/h1-9H,10H2,(H,18,19). The van der Waals surface area contributed by atoms with Gasteiger partial charge in [-0.15, -0.1) is 0 Å². The molecule has 0 spiro atoms. The Morgan fingerprint density at radius 1 is 1.10 bits per heavy atom. The number of benzene rings is 2. The number of hydrogen-bond acceptors (Lipinski definition) is 2. The SMILES string of the molecule is O=C(Nc1ccc(Br)cc1)C1=Cc2ccccc2OC1. The summed E-state index contributed by atoms with van der Waals surface area (Å²) in [5.74, 6) is 0.675. The fourth-order valence-electron chi connectivity index (χ4n) is 1.99. The van der Waals surface area contributed by atoms with Crippen LogP contribution in [0.15, 0.2) is 58.6 Å². The van der Waals surface area contributed by atoms with Gasteiger partial charge >= 0.3 is 0 Å². The average molecular weight is 330 g/mol. The lowest BCUT2D eigenvalue weighted by molar-refractivity contribution is -0.113. The van der Waals surface area contributed by atoms with Crippen LogP contribution in [0.5, 0.6) is 5.75 Å². The molecule has 0 atom stereocenters. The van der Waals surface area contributed by atoms with Crippen molar-refractivity contribution in [2.45, 2.75) is 0 Å². The molecule has 3 rings (SSSR count). The van der Waals surface area contributed by atoms with E-state index in [2.05, 4.69) is 21.2 Å². The first kappa shape index (κ1) is 12.9. The first-order chi connectivity index (χ1) is 9.72. The lowest BCUT2D eigenvalue weighted by Crippen LogP contribution is -2.21. The first-order valence-electron chi connectivity index (χ1n) is 6.22. The Morgan fingerprint density at radius 2 is 1.85 bits per heavy atom. The quantitative estimate of drug-likeness (QED) is 0.908. The molecule has 0 aliphatic carbocycles. The second-order valence-corrected chi connectivity index (χ2v) is 5.37. The van der Waals surface area contributed by atoms with Gasteiger partial charge in [0, 0.05) is 15.7 Å². The Kier molecular flexibility index (Phi) is 3.56. The summed E-state index contributed by atoms with van der Waals surface area (Å²) in [6.45, 7) is 0.291. The van der Waals surface area contributed by atoms with Gasteiger partial charge in [0.15, 0.2) is 0 Å². The van der Waals surface area contributed by atoms with Crippen LogP contribution in [-0.4, -0.2) is 12.5 Å². The summed E-state index contributed by atoms with van der Waals surface area (Å²) in [6, 6.07) is 15.1. The predicted molar refractivity (Wildman–Crippen MR) is 82.7 cm³/mol. The second-order valence-electron chi connectivity index (χ2n) is 4.46. The zero-order chi connectivity index (χ0) is 13.9. The number of nitrogens with one attached hydrogen (secondary N) is 1. The number of amides is 1. The molecule has 0 saturated carbocycles. The van der Waals surface area contributed by atoms with Crippen molar-refractivity contribution in [3.05, 3.63) is 64.1 Å². The molecule has 1 heterocycles. The van der Waals surface area contributed by atoms with Crippen molar-refractivity contribution >= 4 is 33.6 Å². The van der Waals surface area contributed by atoms with E-state index in [9.17, 15) is 4.79 Å². The molecule has 1 amide bonds.